The first kappa shape index (κ1) is 14.1. The third-order valence-corrected chi connectivity index (χ3v) is 3.88. The first-order valence-electron chi connectivity index (χ1n) is 7.36. The van der Waals surface area contributed by atoms with Gasteiger partial charge in [0.1, 0.15) is 5.82 Å². The number of rotatable bonds is 4. The van der Waals surface area contributed by atoms with Gasteiger partial charge in [0, 0.05) is 30.3 Å². The lowest BCUT2D eigenvalue weighted by Crippen LogP contribution is -2.36. The summed E-state index contributed by atoms with van der Waals surface area (Å²) in [6, 6.07) is 4.55. The third-order valence-electron chi connectivity index (χ3n) is 3.88. The second kappa shape index (κ2) is 6.26. The molecule has 21 heavy (non-hydrogen) atoms. The zero-order valence-corrected chi connectivity index (χ0v) is 11.8. The molecule has 1 aliphatic rings. The molecule has 0 aliphatic carbocycles. The first-order valence-corrected chi connectivity index (χ1v) is 7.36. The van der Waals surface area contributed by atoms with E-state index in [1.807, 2.05) is 0 Å². The summed E-state index contributed by atoms with van der Waals surface area (Å²) in [6.45, 7) is 1.35. The Kier molecular flexibility index (Phi) is 4.20. The number of carbonyl (C=O) groups excluding carboxylic acids is 1. The molecule has 1 atom stereocenters. The quantitative estimate of drug-likeness (QED) is 0.909. The Morgan fingerprint density at radius 3 is 3.14 bits per heavy atom. The third kappa shape index (κ3) is 3.42. The van der Waals surface area contributed by atoms with Crippen molar-refractivity contribution in [3.63, 3.8) is 0 Å². The fourth-order valence-electron chi connectivity index (χ4n) is 2.74. The number of ether oxygens (including phenoxy) is 1. The highest BCUT2D eigenvalue weighted by atomic mass is 19.1. The lowest BCUT2D eigenvalue weighted by Gasteiger charge is -2.22. The Hall–Kier alpha value is -1.88. The maximum Gasteiger partial charge on any atom is 0.224 e. The molecular weight excluding hydrogens is 271 g/mol. The number of aromatic amines is 1. The van der Waals surface area contributed by atoms with Crippen LogP contribution in [0.25, 0.3) is 10.9 Å². The molecule has 2 N–H and O–H groups in total. The van der Waals surface area contributed by atoms with Crippen molar-refractivity contribution in [2.24, 2.45) is 0 Å². The van der Waals surface area contributed by atoms with Crippen LogP contribution >= 0.6 is 0 Å². The normalized spacial score (nSPS) is 18.8. The van der Waals surface area contributed by atoms with Gasteiger partial charge >= 0.3 is 0 Å². The van der Waals surface area contributed by atoms with Crippen molar-refractivity contribution in [2.75, 3.05) is 13.2 Å². The topological polar surface area (TPSA) is 54.1 Å². The summed E-state index contributed by atoms with van der Waals surface area (Å²) < 4.78 is 18.7. The number of nitrogens with one attached hydrogen (secondary N) is 2. The number of aromatic nitrogens is 1. The predicted octanol–water partition coefficient (Wildman–Crippen LogP) is 2.53. The molecule has 0 unspecified atom stereocenters. The molecule has 0 radical (unpaired) electrons. The van der Waals surface area contributed by atoms with E-state index in [1.165, 1.54) is 12.1 Å². The van der Waals surface area contributed by atoms with Crippen molar-refractivity contribution in [2.45, 2.75) is 31.8 Å². The average molecular weight is 290 g/mol. The van der Waals surface area contributed by atoms with Crippen LogP contribution in [0.3, 0.4) is 0 Å². The Morgan fingerprint density at radius 1 is 1.43 bits per heavy atom. The monoisotopic (exact) mass is 290 g/mol. The second-order valence-electron chi connectivity index (χ2n) is 5.47. The molecule has 5 heteroatoms. The molecule has 3 rings (SSSR count). The van der Waals surface area contributed by atoms with Crippen molar-refractivity contribution in [3.05, 3.63) is 35.8 Å². The Morgan fingerprint density at radius 2 is 2.33 bits per heavy atom. The van der Waals surface area contributed by atoms with Crippen molar-refractivity contribution in [1.82, 2.24) is 10.3 Å². The fourth-order valence-corrected chi connectivity index (χ4v) is 2.74. The zero-order valence-electron chi connectivity index (χ0n) is 11.8. The molecule has 0 bridgehead atoms. The van der Waals surface area contributed by atoms with Crippen LogP contribution in [0.4, 0.5) is 4.39 Å². The maximum atomic E-state index is 13.1. The predicted molar refractivity (Wildman–Crippen MR) is 78.6 cm³/mol. The molecule has 1 aliphatic heterocycles. The number of halogens is 1. The van der Waals surface area contributed by atoms with E-state index in [9.17, 15) is 9.18 Å². The summed E-state index contributed by atoms with van der Waals surface area (Å²) in [5.74, 6) is -0.316. The molecular formula is C16H19FN2O2. The molecule has 1 aromatic heterocycles. The molecule has 1 fully saturated rings. The van der Waals surface area contributed by atoms with Gasteiger partial charge in [0.05, 0.1) is 12.5 Å². The van der Waals surface area contributed by atoms with Gasteiger partial charge in [-0.25, -0.2) is 4.39 Å². The van der Waals surface area contributed by atoms with E-state index >= 15 is 0 Å². The van der Waals surface area contributed by atoms with Crippen molar-refractivity contribution >= 4 is 16.8 Å². The summed E-state index contributed by atoms with van der Waals surface area (Å²) >= 11 is 0. The van der Waals surface area contributed by atoms with Gasteiger partial charge in [-0.3, -0.25) is 4.79 Å². The number of hydrogen-bond donors (Lipinski definition) is 2. The van der Waals surface area contributed by atoms with E-state index in [0.717, 1.165) is 36.8 Å². The van der Waals surface area contributed by atoms with Gasteiger partial charge in [-0.2, -0.15) is 0 Å². The molecule has 0 spiro atoms. The van der Waals surface area contributed by atoms with Gasteiger partial charge in [0.25, 0.3) is 0 Å². The van der Waals surface area contributed by atoms with E-state index in [0.29, 0.717) is 18.5 Å². The number of carbonyl (C=O) groups is 1. The molecule has 2 aromatic rings. The van der Waals surface area contributed by atoms with Crippen LogP contribution in [0.15, 0.2) is 24.4 Å². The smallest absolute Gasteiger partial charge is 0.224 e. The lowest BCUT2D eigenvalue weighted by atomic mass is 10.1. The van der Waals surface area contributed by atoms with Crippen molar-refractivity contribution in [1.29, 1.82) is 0 Å². The summed E-state index contributed by atoms with van der Waals surface area (Å²) in [6.07, 6.45) is 5.47. The van der Waals surface area contributed by atoms with Crippen LogP contribution in [0.5, 0.6) is 0 Å². The number of H-pyrrole nitrogens is 1. The van der Waals surface area contributed by atoms with Gasteiger partial charge in [0.2, 0.25) is 5.91 Å². The summed E-state index contributed by atoms with van der Waals surface area (Å²) in [5, 5.41) is 3.80. The number of amides is 1. The SMILES string of the molecule is O=C(Cc1c[nH]c2cc(F)ccc12)NC[C@H]1CCCCO1. The van der Waals surface area contributed by atoms with Gasteiger partial charge < -0.3 is 15.0 Å². The Balaban J connectivity index is 1.58. The van der Waals surface area contributed by atoms with Gasteiger partial charge in [-0.1, -0.05) is 0 Å². The van der Waals surface area contributed by atoms with Gasteiger partial charge in [-0.15, -0.1) is 0 Å². The van der Waals surface area contributed by atoms with E-state index in [4.69, 9.17) is 4.74 Å². The standard InChI is InChI=1S/C16H19FN2O2/c17-12-4-5-14-11(9-18-15(14)8-12)7-16(20)19-10-13-3-1-2-6-21-13/h4-5,8-9,13,18H,1-3,6-7,10H2,(H,19,20)/t13-/m1/s1. The molecule has 1 saturated heterocycles. The number of hydrogen-bond acceptors (Lipinski definition) is 2. The first-order chi connectivity index (χ1) is 10.2. The highest BCUT2D eigenvalue weighted by Gasteiger charge is 2.15. The highest BCUT2D eigenvalue weighted by Crippen LogP contribution is 2.19. The zero-order chi connectivity index (χ0) is 14.7. The minimum Gasteiger partial charge on any atom is -0.376 e. The number of benzene rings is 1. The molecule has 1 amide bonds. The minimum absolute atomic E-state index is 0.0330. The maximum absolute atomic E-state index is 13.1. The van der Waals surface area contributed by atoms with Crippen LogP contribution in [-0.2, 0) is 16.0 Å². The summed E-state index contributed by atoms with van der Waals surface area (Å²) in [7, 11) is 0. The Labute approximate surface area is 122 Å². The van der Waals surface area contributed by atoms with E-state index in [1.54, 1.807) is 12.3 Å². The largest absolute Gasteiger partial charge is 0.376 e. The van der Waals surface area contributed by atoms with Crippen LogP contribution in [0, 0.1) is 5.82 Å². The van der Waals surface area contributed by atoms with Crippen molar-refractivity contribution in [3.8, 4) is 0 Å². The second-order valence-corrected chi connectivity index (χ2v) is 5.47. The molecule has 0 saturated carbocycles. The van der Waals surface area contributed by atoms with Crippen LogP contribution in [-0.4, -0.2) is 30.1 Å². The molecule has 4 nitrogen and oxygen atoms in total. The van der Waals surface area contributed by atoms with Crippen LogP contribution < -0.4 is 5.32 Å². The van der Waals surface area contributed by atoms with E-state index in [-0.39, 0.29) is 17.8 Å². The van der Waals surface area contributed by atoms with Crippen LogP contribution in [0.2, 0.25) is 0 Å². The molecule has 112 valence electrons. The summed E-state index contributed by atoms with van der Waals surface area (Å²) in [5.41, 5.74) is 1.60. The minimum atomic E-state index is -0.283. The van der Waals surface area contributed by atoms with Gasteiger partial charge in [0.15, 0.2) is 0 Å². The lowest BCUT2D eigenvalue weighted by molar-refractivity contribution is -0.121. The van der Waals surface area contributed by atoms with Gasteiger partial charge in [-0.05, 0) is 43.0 Å². The summed E-state index contributed by atoms with van der Waals surface area (Å²) in [4.78, 5) is 15.0. The highest BCUT2D eigenvalue weighted by molar-refractivity contribution is 5.88. The van der Waals surface area contributed by atoms with Crippen LogP contribution in [0.1, 0.15) is 24.8 Å². The fraction of sp³-hybridized carbons (Fsp3) is 0.438. The van der Waals surface area contributed by atoms with Crippen molar-refractivity contribution < 1.29 is 13.9 Å². The number of fused-ring (bicyclic) bond motifs is 1. The molecule has 2 heterocycles. The average Bonchev–Trinajstić information content (AvgIpc) is 2.88. The Bertz CT molecular complexity index is 632. The van der Waals surface area contributed by atoms with E-state index in [2.05, 4.69) is 10.3 Å². The molecule has 1 aromatic carbocycles. The van der Waals surface area contributed by atoms with E-state index < -0.39 is 0 Å².